The van der Waals surface area contributed by atoms with Crippen molar-refractivity contribution in [2.24, 2.45) is 0 Å². The van der Waals surface area contributed by atoms with Gasteiger partial charge in [0.15, 0.2) is 15.4 Å². The lowest BCUT2D eigenvalue weighted by Gasteiger charge is -2.02. The first kappa shape index (κ1) is 12.7. The average molecular weight is 354 g/mol. The van der Waals surface area contributed by atoms with Crippen molar-refractivity contribution >= 4 is 61.5 Å². The molecule has 1 amide bonds. The van der Waals surface area contributed by atoms with E-state index in [1.54, 1.807) is 6.20 Å². The van der Waals surface area contributed by atoms with Crippen molar-refractivity contribution in [2.75, 3.05) is 5.32 Å². The largest absolute Gasteiger partial charge is 0.298 e. The van der Waals surface area contributed by atoms with Gasteiger partial charge in [0.25, 0.3) is 5.91 Å². The zero-order valence-corrected chi connectivity index (χ0v) is 11.9. The van der Waals surface area contributed by atoms with Crippen LogP contribution in [0.3, 0.4) is 0 Å². The molecule has 2 heterocycles. The Labute approximate surface area is 118 Å². The van der Waals surface area contributed by atoms with E-state index in [1.807, 2.05) is 0 Å². The number of carbonyl (C=O) groups is 1. The van der Waals surface area contributed by atoms with Gasteiger partial charge in [-0.2, -0.15) is 0 Å². The van der Waals surface area contributed by atoms with Gasteiger partial charge in [0.05, 0.1) is 15.5 Å². The monoisotopic (exact) mass is 352 g/mol. The van der Waals surface area contributed by atoms with Crippen molar-refractivity contribution < 1.29 is 4.79 Å². The van der Waals surface area contributed by atoms with Crippen LogP contribution in [0.4, 0.5) is 5.13 Å². The number of hydrogen-bond donors (Lipinski definition) is 1. The Hall–Kier alpha value is -0.760. The minimum absolute atomic E-state index is 0.0116. The molecule has 5 nitrogen and oxygen atoms in total. The van der Waals surface area contributed by atoms with Gasteiger partial charge < -0.3 is 0 Å². The third-order valence-corrected chi connectivity index (χ3v) is 3.52. The molecule has 0 saturated carbocycles. The Bertz CT molecular complexity index is 576. The first-order valence-corrected chi connectivity index (χ1v) is 6.54. The lowest BCUT2D eigenvalue weighted by molar-refractivity contribution is 0.102. The van der Waals surface area contributed by atoms with Gasteiger partial charge in [-0.05, 0) is 22.0 Å². The Morgan fingerprint density at radius 1 is 1.41 bits per heavy atom. The van der Waals surface area contributed by atoms with Gasteiger partial charge >= 0.3 is 0 Å². The van der Waals surface area contributed by atoms with Crippen LogP contribution in [0.2, 0.25) is 10.3 Å². The van der Waals surface area contributed by atoms with Crippen LogP contribution in [-0.2, 0) is 0 Å². The van der Waals surface area contributed by atoms with E-state index in [1.165, 1.54) is 17.4 Å². The van der Waals surface area contributed by atoms with E-state index in [2.05, 4.69) is 36.4 Å². The summed E-state index contributed by atoms with van der Waals surface area (Å²) in [6.07, 6.45) is 1.58. The number of nitrogens with one attached hydrogen (secondary N) is 1. The second kappa shape index (κ2) is 5.26. The first-order chi connectivity index (χ1) is 8.06. The van der Waals surface area contributed by atoms with E-state index >= 15 is 0 Å². The van der Waals surface area contributed by atoms with E-state index in [9.17, 15) is 4.79 Å². The summed E-state index contributed by atoms with van der Waals surface area (Å²) in [6.45, 7) is 0. The molecule has 0 spiro atoms. The van der Waals surface area contributed by atoms with Gasteiger partial charge in [0.2, 0.25) is 0 Å². The number of anilines is 1. The van der Waals surface area contributed by atoms with E-state index in [4.69, 9.17) is 23.2 Å². The zero-order valence-electron chi connectivity index (χ0n) is 7.95. The predicted octanol–water partition coefficient (Wildman–Crippen LogP) is 3.25. The van der Waals surface area contributed by atoms with E-state index in [0.717, 1.165) is 3.79 Å². The molecule has 0 radical (unpaired) electrons. The fourth-order valence-corrected chi connectivity index (χ4v) is 2.42. The fraction of sp³-hybridized carbons (Fsp3) is 0. The molecule has 1 N–H and O–H groups in total. The van der Waals surface area contributed by atoms with Crippen LogP contribution in [0.25, 0.3) is 0 Å². The maximum atomic E-state index is 11.8. The van der Waals surface area contributed by atoms with Gasteiger partial charge in [-0.3, -0.25) is 10.1 Å². The Kier molecular flexibility index (Phi) is 3.93. The highest BCUT2D eigenvalue weighted by molar-refractivity contribution is 9.11. The SMILES string of the molecule is O=C(Nc1ncc(Br)s1)c1cc(Cl)nnc1Cl. The normalized spacial score (nSPS) is 10.3. The molecule has 17 heavy (non-hydrogen) atoms. The van der Waals surface area contributed by atoms with Crippen LogP contribution in [-0.4, -0.2) is 21.1 Å². The Morgan fingerprint density at radius 2 is 2.18 bits per heavy atom. The predicted molar refractivity (Wildman–Crippen MR) is 69.8 cm³/mol. The van der Waals surface area contributed by atoms with Gasteiger partial charge in [-0.1, -0.05) is 34.5 Å². The number of carbonyl (C=O) groups excluding carboxylic acids is 1. The molecule has 2 aromatic rings. The molecule has 0 saturated heterocycles. The third-order valence-electron chi connectivity index (χ3n) is 1.66. The second-order valence-corrected chi connectivity index (χ2v) is 5.95. The standard InChI is InChI=1S/C8H3BrCl2N4OS/c9-4-2-12-8(17-4)13-7(16)3-1-5(10)14-15-6(3)11/h1-2H,(H,12,13,16). The summed E-state index contributed by atoms with van der Waals surface area (Å²) >= 11 is 15.9. The van der Waals surface area contributed by atoms with Gasteiger partial charge in [0.1, 0.15) is 0 Å². The molecule has 0 aliphatic rings. The van der Waals surface area contributed by atoms with E-state index in [0.29, 0.717) is 5.13 Å². The molecule has 0 aliphatic carbocycles. The summed E-state index contributed by atoms with van der Waals surface area (Å²) < 4.78 is 0.810. The topological polar surface area (TPSA) is 67.8 Å². The number of hydrogen-bond acceptors (Lipinski definition) is 5. The zero-order chi connectivity index (χ0) is 12.4. The second-order valence-electron chi connectivity index (χ2n) is 2.80. The quantitative estimate of drug-likeness (QED) is 0.899. The van der Waals surface area contributed by atoms with Crippen LogP contribution >= 0.6 is 50.5 Å². The summed E-state index contributed by atoms with van der Waals surface area (Å²) in [6, 6.07) is 1.34. The van der Waals surface area contributed by atoms with Crippen molar-refractivity contribution in [1.29, 1.82) is 0 Å². The highest BCUT2D eigenvalue weighted by atomic mass is 79.9. The average Bonchev–Trinajstić information content (AvgIpc) is 2.67. The molecule has 9 heteroatoms. The number of halogens is 3. The summed E-state index contributed by atoms with van der Waals surface area (Å²) in [5.41, 5.74) is 0.151. The molecule has 0 atom stereocenters. The highest BCUT2D eigenvalue weighted by Gasteiger charge is 2.14. The summed E-state index contributed by atoms with van der Waals surface area (Å²) in [7, 11) is 0. The molecule has 0 aliphatic heterocycles. The molecule has 2 rings (SSSR count). The minimum atomic E-state index is -0.436. The van der Waals surface area contributed by atoms with Gasteiger partial charge in [0, 0.05) is 0 Å². The number of nitrogens with zero attached hydrogens (tertiary/aromatic N) is 3. The Morgan fingerprint density at radius 3 is 2.82 bits per heavy atom. The summed E-state index contributed by atoms with van der Waals surface area (Å²) in [5.74, 6) is -0.436. The number of aromatic nitrogens is 3. The minimum Gasteiger partial charge on any atom is -0.298 e. The van der Waals surface area contributed by atoms with Gasteiger partial charge in [-0.15, -0.1) is 10.2 Å². The maximum absolute atomic E-state index is 11.8. The van der Waals surface area contributed by atoms with Crippen LogP contribution in [0.5, 0.6) is 0 Å². The third kappa shape index (κ3) is 3.12. The number of rotatable bonds is 2. The van der Waals surface area contributed by atoms with Crippen LogP contribution in [0.1, 0.15) is 10.4 Å². The number of thiazole rings is 1. The van der Waals surface area contributed by atoms with E-state index < -0.39 is 5.91 Å². The lowest BCUT2D eigenvalue weighted by Crippen LogP contribution is -2.13. The van der Waals surface area contributed by atoms with Crippen molar-refractivity contribution in [1.82, 2.24) is 15.2 Å². The molecular formula is C8H3BrCl2N4OS. The fourth-order valence-electron chi connectivity index (χ4n) is 0.989. The van der Waals surface area contributed by atoms with Crippen LogP contribution in [0, 0.1) is 0 Å². The Balaban J connectivity index is 2.22. The van der Waals surface area contributed by atoms with Crippen LogP contribution < -0.4 is 5.32 Å². The van der Waals surface area contributed by atoms with Gasteiger partial charge in [-0.25, -0.2) is 4.98 Å². The summed E-state index contributed by atoms with van der Waals surface area (Å²) in [4.78, 5) is 15.8. The van der Waals surface area contributed by atoms with Crippen molar-refractivity contribution in [3.63, 3.8) is 0 Å². The smallest absolute Gasteiger partial charge is 0.260 e. The van der Waals surface area contributed by atoms with Crippen molar-refractivity contribution in [2.45, 2.75) is 0 Å². The molecule has 0 fully saturated rings. The molecule has 0 aromatic carbocycles. The van der Waals surface area contributed by atoms with Crippen LogP contribution in [0.15, 0.2) is 16.0 Å². The van der Waals surface area contributed by atoms with E-state index in [-0.39, 0.29) is 15.9 Å². The molecular weight excluding hydrogens is 351 g/mol. The first-order valence-electron chi connectivity index (χ1n) is 4.17. The van der Waals surface area contributed by atoms with Crippen molar-refractivity contribution in [3.8, 4) is 0 Å². The maximum Gasteiger partial charge on any atom is 0.260 e. The molecule has 0 bridgehead atoms. The lowest BCUT2D eigenvalue weighted by atomic mass is 10.3. The van der Waals surface area contributed by atoms with Crippen molar-refractivity contribution in [3.05, 3.63) is 31.9 Å². The molecule has 2 aromatic heterocycles. The number of amides is 1. The highest BCUT2D eigenvalue weighted by Crippen LogP contribution is 2.24. The molecule has 0 unspecified atom stereocenters. The molecule has 88 valence electrons. The summed E-state index contributed by atoms with van der Waals surface area (Å²) in [5, 5.41) is 10.2.